The Morgan fingerprint density at radius 1 is 0.518 bits per heavy atom. The Morgan fingerprint density at radius 3 is 1.25 bits per heavy atom. The molecule has 4 aromatic carbocycles. The predicted molar refractivity (Wildman–Crippen MR) is 201 cm³/mol. The summed E-state index contributed by atoms with van der Waals surface area (Å²) in [6.45, 7) is -0.532. The second-order valence-electron chi connectivity index (χ2n) is 12.4. The van der Waals surface area contributed by atoms with Crippen molar-refractivity contribution in [2.75, 3.05) is 13.1 Å². The van der Waals surface area contributed by atoms with E-state index in [-0.39, 0.29) is 32.6 Å². The number of aliphatic carboxylic acids is 4. The third-order valence-electron chi connectivity index (χ3n) is 7.95. The molecule has 4 aromatic rings. The molecule has 0 aliphatic heterocycles. The average Bonchev–Trinajstić information content (AvgIpc) is 3.18. The molecule has 0 aliphatic rings. The molecule has 0 saturated heterocycles. The van der Waals surface area contributed by atoms with Gasteiger partial charge in [-0.15, -0.1) is 0 Å². The van der Waals surface area contributed by atoms with Crippen LogP contribution >= 0.6 is 0 Å². The topological polar surface area (TPSA) is 255 Å². The first kappa shape index (κ1) is 43.6. The summed E-state index contributed by atoms with van der Waals surface area (Å²) in [6.07, 6.45) is -0.886. The standard InChI is InChI=1S/C22H24N2O8.C18H20N2O4/c25-19(26)12-24(13-20(27)28)18(21(29)30)10-15-6-8-16(9-7-15)11-23-22(31)32-14-17-4-2-1-3-5-17;19-16(17(21)22)10-13-6-8-14(9-7-13)11-20-18(23)24-12-15-4-2-1-3-5-15/h1-9,18H,10-14H2,(H,23,31)(H,25,26)(H,27,28)(H,29,30);1-9,16H,10-12,19H2,(H,20,23)(H,21,22)/t18-;16-/m00/s1. The molecule has 16 heteroatoms. The van der Waals surface area contributed by atoms with Crippen LogP contribution in [0.5, 0.6) is 0 Å². The van der Waals surface area contributed by atoms with Gasteiger partial charge in [-0.3, -0.25) is 24.1 Å². The summed E-state index contributed by atoms with van der Waals surface area (Å²) < 4.78 is 10.2. The molecule has 0 unspecified atom stereocenters. The zero-order valence-corrected chi connectivity index (χ0v) is 30.3. The molecule has 2 amide bonds. The van der Waals surface area contributed by atoms with Crippen LogP contribution in [0.3, 0.4) is 0 Å². The van der Waals surface area contributed by atoms with E-state index >= 15 is 0 Å². The highest BCUT2D eigenvalue weighted by molar-refractivity contribution is 5.78. The van der Waals surface area contributed by atoms with Crippen LogP contribution in [0.1, 0.15) is 33.4 Å². The summed E-state index contributed by atoms with van der Waals surface area (Å²) in [4.78, 5) is 68.7. The lowest BCUT2D eigenvalue weighted by Crippen LogP contribution is -2.47. The van der Waals surface area contributed by atoms with Crippen LogP contribution in [0, 0.1) is 0 Å². The number of hydrogen-bond acceptors (Lipinski definition) is 10. The van der Waals surface area contributed by atoms with Gasteiger partial charge in [0.25, 0.3) is 0 Å². The number of hydrogen-bond donors (Lipinski definition) is 7. The van der Waals surface area contributed by atoms with Gasteiger partial charge in [0.2, 0.25) is 0 Å². The fourth-order valence-corrected chi connectivity index (χ4v) is 5.04. The largest absolute Gasteiger partial charge is 0.480 e. The maximum atomic E-state index is 11.8. The minimum Gasteiger partial charge on any atom is -0.480 e. The lowest BCUT2D eigenvalue weighted by atomic mass is 10.0. The van der Waals surface area contributed by atoms with Crippen molar-refractivity contribution in [1.82, 2.24) is 15.5 Å². The first-order chi connectivity index (χ1) is 26.8. The second-order valence-corrected chi connectivity index (χ2v) is 12.4. The molecule has 8 N–H and O–H groups in total. The number of nitrogens with two attached hydrogens (primary N) is 1. The monoisotopic (exact) mass is 772 g/mol. The Kier molecular flexibility index (Phi) is 18.0. The molecule has 56 heavy (non-hydrogen) atoms. The predicted octanol–water partition coefficient (Wildman–Crippen LogP) is 3.65. The molecule has 0 radical (unpaired) electrons. The average molecular weight is 773 g/mol. The van der Waals surface area contributed by atoms with Gasteiger partial charge >= 0.3 is 36.1 Å². The zero-order valence-electron chi connectivity index (χ0n) is 30.3. The van der Waals surface area contributed by atoms with Crippen molar-refractivity contribution in [3.8, 4) is 0 Å². The SMILES string of the molecule is N[C@@H](Cc1ccc(CNC(=O)OCc2ccccc2)cc1)C(=O)O.O=C(O)CN(CC(=O)O)[C@@H](Cc1ccc(CNC(=O)OCc2ccccc2)cc1)C(=O)O. The van der Waals surface area contributed by atoms with Crippen molar-refractivity contribution in [2.24, 2.45) is 5.73 Å². The highest BCUT2D eigenvalue weighted by Crippen LogP contribution is 2.13. The van der Waals surface area contributed by atoms with Gasteiger partial charge in [-0.25, -0.2) is 9.59 Å². The number of carboxylic acids is 4. The molecule has 0 bridgehead atoms. The molecule has 16 nitrogen and oxygen atoms in total. The van der Waals surface area contributed by atoms with Crippen LogP contribution in [0.2, 0.25) is 0 Å². The lowest BCUT2D eigenvalue weighted by molar-refractivity contribution is -0.149. The van der Waals surface area contributed by atoms with E-state index in [2.05, 4.69) is 10.6 Å². The van der Waals surface area contributed by atoms with E-state index in [4.69, 9.17) is 30.5 Å². The van der Waals surface area contributed by atoms with Gasteiger partial charge in [-0.05, 0) is 46.2 Å². The van der Waals surface area contributed by atoms with Gasteiger partial charge in [0.15, 0.2) is 0 Å². The molecule has 0 fully saturated rings. The summed E-state index contributed by atoms with van der Waals surface area (Å²) in [5.74, 6) is -4.99. The summed E-state index contributed by atoms with van der Waals surface area (Å²) in [5, 5.41) is 41.5. The van der Waals surface area contributed by atoms with Gasteiger partial charge in [0.1, 0.15) is 25.3 Å². The van der Waals surface area contributed by atoms with Crippen molar-refractivity contribution in [1.29, 1.82) is 0 Å². The molecular formula is C40H44N4O12. The van der Waals surface area contributed by atoms with E-state index in [1.807, 2.05) is 72.8 Å². The van der Waals surface area contributed by atoms with Crippen LogP contribution < -0.4 is 16.4 Å². The molecule has 296 valence electrons. The smallest absolute Gasteiger partial charge is 0.407 e. The Bertz CT molecular complexity index is 1860. The van der Waals surface area contributed by atoms with Crippen LogP contribution in [0.25, 0.3) is 0 Å². The van der Waals surface area contributed by atoms with Gasteiger partial charge < -0.3 is 46.3 Å². The second kappa shape index (κ2) is 23.1. The molecule has 0 heterocycles. The maximum absolute atomic E-state index is 11.8. The van der Waals surface area contributed by atoms with Crippen molar-refractivity contribution in [2.45, 2.75) is 51.2 Å². The minimum atomic E-state index is -1.32. The van der Waals surface area contributed by atoms with E-state index in [9.17, 15) is 33.9 Å². The number of carbonyl (C=O) groups excluding carboxylic acids is 2. The van der Waals surface area contributed by atoms with E-state index < -0.39 is 61.2 Å². The van der Waals surface area contributed by atoms with Crippen LogP contribution in [-0.4, -0.2) is 86.6 Å². The molecule has 4 rings (SSSR count). The van der Waals surface area contributed by atoms with Crippen LogP contribution in [-0.2, 0) is 67.8 Å². The van der Waals surface area contributed by atoms with E-state index in [0.29, 0.717) is 12.1 Å². The minimum absolute atomic E-state index is 0.0806. The van der Waals surface area contributed by atoms with Gasteiger partial charge in [0.05, 0.1) is 13.1 Å². The van der Waals surface area contributed by atoms with Crippen molar-refractivity contribution in [3.05, 3.63) is 143 Å². The molecule has 0 spiro atoms. The van der Waals surface area contributed by atoms with Crippen LogP contribution in [0.4, 0.5) is 9.59 Å². The van der Waals surface area contributed by atoms with Crippen molar-refractivity contribution < 1.29 is 58.7 Å². The fourth-order valence-electron chi connectivity index (χ4n) is 5.04. The Balaban J connectivity index is 0.000000313. The molecule has 0 aromatic heterocycles. The maximum Gasteiger partial charge on any atom is 0.407 e. The first-order valence-corrected chi connectivity index (χ1v) is 17.2. The molecule has 0 saturated carbocycles. The summed E-state index contributed by atoms with van der Waals surface area (Å²) in [5.41, 5.74) is 10.3. The first-order valence-electron chi connectivity index (χ1n) is 17.2. The zero-order chi connectivity index (χ0) is 40.9. The number of ether oxygens (including phenoxy) is 2. The molecule has 0 aliphatic carbocycles. The third-order valence-corrected chi connectivity index (χ3v) is 7.95. The number of carboxylic acid groups (broad SMARTS) is 4. The third kappa shape index (κ3) is 16.9. The summed E-state index contributed by atoms with van der Waals surface area (Å²) in [6, 6.07) is 30.3. The number of alkyl carbamates (subject to hydrolysis) is 2. The van der Waals surface area contributed by atoms with E-state index in [1.165, 1.54) is 0 Å². The number of amides is 2. The fraction of sp³-hybridized carbons (Fsp3) is 0.250. The van der Waals surface area contributed by atoms with E-state index in [1.54, 1.807) is 36.4 Å². The van der Waals surface area contributed by atoms with Crippen molar-refractivity contribution >= 4 is 36.1 Å². The Labute approximate surface area is 322 Å². The number of carbonyl (C=O) groups is 6. The lowest BCUT2D eigenvalue weighted by Gasteiger charge is -2.25. The van der Waals surface area contributed by atoms with Gasteiger partial charge in [-0.1, -0.05) is 109 Å². The van der Waals surface area contributed by atoms with Crippen LogP contribution in [0.15, 0.2) is 109 Å². The number of nitrogens with zero attached hydrogens (tertiary/aromatic N) is 1. The molecule has 2 atom stereocenters. The van der Waals surface area contributed by atoms with E-state index in [0.717, 1.165) is 32.7 Å². The van der Waals surface area contributed by atoms with Crippen molar-refractivity contribution in [3.63, 3.8) is 0 Å². The number of benzene rings is 4. The molecular weight excluding hydrogens is 728 g/mol. The van der Waals surface area contributed by atoms with Gasteiger partial charge in [0, 0.05) is 13.1 Å². The normalized spacial score (nSPS) is 11.5. The Morgan fingerprint density at radius 2 is 0.893 bits per heavy atom. The highest BCUT2D eigenvalue weighted by Gasteiger charge is 2.29. The quantitative estimate of drug-likeness (QED) is 0.0719. The van der Waals surface area contributed by atoms with Gasteiger partial charge in [-0.2, -0.15) is 0 Å². The summed E-state index contributed by atoms with van der Waals surface area (Å²) in [7, 11) is 0. The summed E-state index contributed by atoms with van der Waals surface area (Å²) >= 11 is 0. The number of rotatable bonds is 19. The number of nitrogens with one attached hydrogen (secondary N) is 2. The Hall–Kier alpha value is -6.78. The highest BCUT2D eigenvalue weighted by atomic mass is 16.6.